The number of fused-ring (bicyclic) bond motifs is 5. The van der Waals surface area contributed by atoms with E-state index in [1.807, 2.05) is 0 Å². The normalized spacial score (nSPS) is 53.9. The van der Waals surface area contributed by atoms with E-state index in [9.17, 15) is 10.2 Å². The van der Waals surface area contributed by atoms with E-state index in [0.717, 1.165) is 38.5 Å². The fourth-order valence-electron chi connectivity index (χ4n) is 6.15. The number of aliphatic hydroxyl groups is 2. The van der Waals surface area contributed by atoms with Gasteiger partial charge in [-0.25, -0.2) is 0 Å². The molecule has 0 radical (unpaired) electrons. The third kappa shape index (κ3) is 1.75. The highest BCUT2D eigenvalue weighted by Crippen LogP contribution is 2.64. The van der Waals surface area contributed by atoms with Crippen molar-refractivity contribution >= 4 is 0 Å². The predicted molar refractivity (Wildman–Crippen MR) is 87.2 cm³/mol. The zero-order valence-electron chi connectivity index (χ0n) is 13.8. The van der Waals surface area contributed by atoms with E-state index in [2.05, 4.69) is 26.0 Å². The molecule has 4 rings (SSSR count). The molecule has 0 aliphatic heterocycles. The summed E-state index contributed by atoms with van der Waals surface area (Å²) in [7, 11) is 0. The largest absolute Gasteiger partial charge is 0.512 e. The molecule has 4 N–H and O–H groups in total. The van der Waals surface area contributed by atoms with Crippen molar-refractivity contribution in [3.05, 3.63) is 23.5 Å². The van der Waals surface area contributed by atoms with Crippen molar-refractivity contribution in [2.75, 3.05) is 0 Å². The van der Waals surface area contributed by atoms with Crippen LogP contribution in [-0.4, -0.2) is 22.4 Å². The zero-order chi connectivity index (χ0) is 15.7. The summed E-state index contributed by atoms with van der Waals surface area (Å²) in [6.45, 7) is 4.60. The summed E-state index contributed by atoms with van der Waals surface area (Å²) in [6.07, 6.45) is 10.1. The summed E-state index contributed by atoms with van der Waals surface area (Å²) in [4.78, 5) is 0. The van der Waals surface area contributed by atoms with Gasteiger partial charge in [-0.1, -0.05) is 26.0 Å². The second-order valence-corrected chi connectivity index (χ2v) is 8.67. The summed E-state index contributed by atoms with van der Waals surface area (Å²) in [5.41, 5.74) is 7.50. The third-order valence-corrected chi connectivity index (χ3v) is 7.67. The molecule has 0 spiro atoms. The molecular formula is C19H29NO2. The van der Waals surface area contributed by atoms with Crippen molar-refractivity contribution in [1.82, 2.24) is 0 Å². The Labute approximate surface area is 133 Å². The van der Waals surface area contributed by atoms with Gasteiger partial charge in [-0.2, -0.15) is 0 Å². The highest BCUT2D eigenvalue weighted by molar-refractivity contribution is 5.33. The van der Waals surface area contributed by atoms with Crippen molar-refractivity contribution in [3.8, 4) is 0 Å². The first-order valence-corrected chi connectivity index (χ1v) is 8.91. The smallest absolute Gasteiger partial charge is 0.0923 e. The fourth-order valence-corrected chi connectivity index (χ4v) is 6.15. The second-order valence-electron chi connectivity index (χ2n) is 8.67. The van der Waals surface area contributed by atoms with E-state index in [0.29, 0.717) is 23.5 Å². The standard InChI is InChI=1S/C19H29NO2/c1-18-7-5-12(20)9-11(18)10-15(21)17-13-3-4-16(22)19(13,2)8-6-14(17)18/h5,7,11-14,16,21-22H,3-4,6,8-10,20H2,1-2H3/t11-,12-,13-,14-,16-,18-,19-/m0/s1. The molecule has 3 heteroatoms. The van der Waals surface area contributed by atoms with Gasteiger partial charge in [0.25, 0.3) is 0 Å². The van der Waals surface area contributed by atoms with E-state index >= 15 is 0 Å². The molecular weight excluding hydrogens is 274 g/mol. The average molecular weight is 303 g/mol. The van der Waals surface area contributed by atoms with Gasteiger partial charge in [0.15, 0.2) is 0 Å². The molecule has 0 saturated heterocycles. The maximum absolute atomic E-state index is 10.8. The Morgan fingerprint density at radius 3 is 2.73 bits per heavy atom. The van der Waals surface area contributed by atoms with Crippen LogP contribution in [0.15, 0.2) is 23.5 Å². The molecule has 0 heterocycles. The minimum Gasteiger partial charge on any atom is -0.512 e. The number of rotatable bonds is 0. The number of hydrogen-bond acceptors (Lipinski definition) is 3. The molecule has 3 nitrogen and oxygen atoms in total. The van der Waals surface area contributed by atoms with Gasteiger partial charge < -0.3 is 15.9 Å². The second kappa shape index (κ2) is 4.61. The monoisotopic (exact) mass is 303 g/mol. The first kappa shape index (κ1) is 14.8. The number of hydrogen-bond donors (Lipinski definition) is 3. The van der Waals surface area contributed by atoms with Crippen molar-refractivity contribution < 1.29 is 10.2 Å². The van der Waals surface area contributed by atoms with Gasteiger partial charge in [0.05, 0.1) is 11.9 Å². The van der Waals surface area contributed by atoms with Gasteiger partial charge in [0.1, 0.15) is 0 Å². The highest BCUT2D eigenvalue weighted by Gasteiger charge is 2.58. The lowest BCUT2D eigenvalue weighted by molar-refractivity contribution is -0.00986. The Hall–Kier alpha value is -0.800. The van der Waals surface area contributed by atoms with Gasteiger partial charge in [-0.3, -0.25) is 0 Å². The van der Waals surface area contributed by atoms with Crippen LogP contribution in [0.1, 0.15) is 52.4 Å². The molecule has 4 aliphatic carbocycles. The third-order valence-electron chi connectivity index (χ3n) is 7.67. The number of allylic oxidation sites excluding steroid dienone is 3. The highest BCUT2D eigenvalue weighted by atomic mass is 16.3. The summed E-state index contributed by atoms with van der Waals surface area (Å²) in [5.74, 6) is 1.87. The zero-order valence-corrected chi connectivity index (χ0v) is 13.8. The summed E-state index contributed by atoms with van der Waals surface area (Å²) in [6, 6.07) is 0.134. The molecule has 22 heavy (non-hydrogen) atoms. The van der Waals surface area contributed by atoms with E-state index < -0.39 is 0 Å². The summed E-state index contributed by atoms with van der Waals surface area (Å²) >= 11 is 0. The molecule has 0 bridgehead atoms. The molecule has 0 aromatic heterocycles. The van der Waals surface area contributed by atoms with Crippen LogP contribution in [0.2, 0.25) is 0 Å². The average Bonchev–Trinajstić information content (AvgIpc) is 2.77. The van der Waals surface area contributed by atoms with Crippen LogP contribution in [0.3, 0.4) is 0 Å². The van der Waals surface area contributed by atoms with Crippen molar-refractivity contribution in [2.45, 2.75) is 64.5 Å². The van der Waals surface area contributed by atoms with E-state index in [1.165, 1.54) is 5.57 Å². The minimum absolute atomic E-state index is 0.0300. The van der Waals surface area contributed by atoms with E-state index in [1.54, 1.807) is 0 Å². The minimum atomic E-state index is -0.209. The van der Waals surface area contributed by atoms with Crippen molar-refractivity contribution in [2.24, 2.45) is 34.3 Å². The van der Waals surface area contributed by atoms with Crippen LogP contribution in [0.4, 0.5) is 0 Å². The lowest BCUT2D eigenvalue weighted by Crippen LogP contribution is -2.50. The molecule has 2 saturated carbocycles. The Bertz CT molecular complexity index is 554. The van der Waals surface area contributed by atoms with Crippen LogP contribution >= 0.6 is 0 Å². The van der Waals surface area contributed by atoms with Crippen LogP contribution in [0, 0.1) is 28.6 Å². The lowest BCUT2D eigenvalue weighted by Gasteiger charge is -2.55. The first-order valence-electron chi connectivity index (χ1n) is 8.91. The van der Waals surface area contributed by atoms with Crippen molar-refractivity contribution in [1.29, 1.82) is 0 Å². The quantitative estimate of drug-likeness (QED) is 0.602. The maximum Gasteiger partial charge on any atom is 0.0923 e. The lowest BCUT2D eigenvalue weighted by atomic mass is 9.49. The Balaban J connectivity index is 1.78. The Morgan fingerprint density at radius 2 is 1.95 bits per heavy atom. The fraction of sp³-hybridized carbons (Fsp3) is 0.789. The molecule has 122 valence electrons. The van der Waals surface area contributed by atoms with Crippen LogP contribution < -0.4 is 5.73 Å². The first-order chi connectivity index (χ1) is 10.4. The van der Waals surface area contributed by atoms with Crippen LogP contribution in [-0.2, 0) is 0 Å². The van der Waals surface area contributed by atoms with Gasteiger partial charge in [-0.15, -0.1) is 0 Å². The summed E-state index contributed by atoms with van der Waals surface area (Å²) < 4.78 is 0. The Morgan fingerprint density at radius 1 is 1.18 bits per heavy atom. The Kier molecular flexibility index (Phi) is 3.09. The van der Waals surface area contributed by atoms with Gasteiger partial charge in [0.2, 0.25) is 0 Å². The topological polar surface area (TPSA) is 66.5 Å². The number of nitrogens with two attached hydrogens (primary N) is 1. The van der Waals surface area contributed by atoms with Gasteiger partial charge >= 0.3 is 0 Å². The van der Waals surface area contributed by atoms with Crippen LogP contribution in [0.5, 0.6) is 0 Å². The molecule has 0 amide bonds. The van der Waals surface area contributed by atoms with Gasteiger partial charge in [0, 0.05) is 17.9 Å². The predicted octanol–water partition coefficient (Wildman–Crippen LogP) is 3.30. The van der Waals surface area contributed by atoms with Crippen LogP contribution in [0.25, 0.3) is 0 Å². The molecule has 4 aliphatic rings. The summed E-state index contributed by atoms with van der Waals surface area (Å²) in [5, 5.41) is 21.3. The molecule has 0 unspecified atom stereocenters. The SMILES string of the molecule is C[C@]12C=C[C@H](N)C[C@H]1CC(O)=C1[C@@H]2CC[C@]2(C)[C@@H](O)CC[C@@H]12. The molecule has 0 aromatic carbocycles. The molecule has 2 fully saturated rings. The number of aliphatic hydroxyl groups excluding tert-OH is 2. The van der Waals surface area contributed by atoms with Crippen molar-refractivity contribution in [3.63, 3.8) is 0 Å². The molecule has 0 aromatic rings. The van der Waals surface area contributed by atoms with E-state index in [4.69, 9.17) is 5.73 Å². The van der Waals surface area contributed by atoms with E-state index in [-0.39, 0.29) is 23.0 Å². The van der Waals surface area contributed by atoms with Gasteiger partial charge in [-0.05, 0) is 60.8 Å². The maximum atomic E-state index is 10.8. The molecule has 7 atom stereocenters.